The van der Waals surface area contributed by atoms with Gasteiger partial charge in [0.1, 0.15) is 12.4 Å². The highest BCUT2D eigenvalue weighted by atomic mass is 16.5. The van der Waals surface area contributed by atoms with Gasteiger partial charge in [-0.05, 0) is 37.9 Å². The summed E-state index contributed by atoms with van der Waals surface area (Å²) in [6, 6.07) is 7.45. The molecule has 3 nitrogen and oxygen atoms in total. The molecule has 1 saturated heterocycles. The van der Waals surface area contributed by atoms with Crippen molar-refractivity contribution in [2.45, 2.75) is 20.3 Å². The molecule has 0 aromatic heterocycles. The van der Waals surface area contributed by atoms with E-state index in [4.69, 9.17) is 4.74 Å². The maximum atomic E-state index is 11.4. The summed E-state index contributed by atoms with van der Waals surface area (Å²) in [4.78, 5) is 13.9. The zero-order valence-corrected chi connectivity index (χ0v) is 11.2. The molecule has 1 aliphatic heterocycles. The SMILES string of the molecule is CC(=O)c1ccccc1OCCN1CCC(C)C1. The Balaban J connectivity index is 1.85. The summed E-state index contributed by atoms with van der Waals surface area (Å²) in [6.45, 7) is 7.78. The van der Waals surface area contributed by atoms with Crippen molar-refractivity contribution in [3.05, 3.63) is 29.8 Å². The summed E-state index contributed by atoms with van der Waals surface area (Å²) in [5.74, 6) is 1.56. The van der Waals surface area contributed by atoms with Crippen LogP contribution in [0, 0.1) is 5.92 Å². The van der Waals surface area contributed by atoms with E-state index in [1.165, 1.54) is 13.0 Å². The number of nitrogens with zero attached hydrogens (tertiary/aromatic N) is 1. The number of ketones is 1. The molecule has 1 aliphatic rings. The van der Waals surface area contributed by atoms with E-state index in [1.54, 1.807) is 6.92 Å². The van der Waals surface area contributed by atoms with Crippen molar-refractivity contribution in [2.75, 3.05) is 26.2 Å². The first kappa shape index (κ1) is 13.1. The lowest BCUT2D eigenvalue weighted by atomic mass is 10.1. The number of ether oxygens (including phenoxy) is 1. The predicted molar refractivity (Wildman–Crippen MR) is 72.2 cm³/mol. The van der Waals surface area contributed by atoms with E-state index in [-0.39, 0.29) is 5.78 Å². The number of rotatable bonds is 5. The smallest absolute Gasteiger partial charge is 0.163 e. The molecule has 1 aromatic rings. The Bertz CT molecular complexity index is 417. The van der Waals surface area contributed by atoms with Crippen LogP contribution in [0.2, 0.25) is 0 Å². The van der Waals surface area contributed by atoms with Gasteiger partial charge in [0, 0.05) is 13.1 Å². The van der Waals surface area contributed by atoms with Crippen LogP contribution in [-0.2, 0) is 0 Å². The molecule has 1 unspecified atom stereocenters. The van der Waals surface area contributed by atoms with Crippen LogP contribution in [0.5, 0.6) is 5.75 Å². The summed E-state index contributed by atoms with van der Waals surface area (Å²) in [6.07, 6.45) is 1.28. The Morgan fingerprint density at radius 2 is 2.22 bits per heavy atom. The molecule has 0 radical (unpaired) electrons. The van der Waals surface area contributed by atoms with Crippen molar-refractivity contribution in [3.8, 4) is 5.75 Å². The number of carbonyl (C=O) groups excluding carboxylic acids is 1. The highest BCUT2D eigenvalue weighted by Gasteiger charge is 2.18. The van der Waals surface area contributed by atoms with E-state index in [0.717, 1.165) is 19.0 Å². The zero-order chi connectivity index (χ0) is 13.0. The summed E-state index contributed by atoms with van der Waals surface area (Å²) < 4.78 is 5.73. The number of para-hydroxylation sites is 1. The highest BCUT2D eigenvalue weighted by molar-refractivity contribution is 5.96. The third-order valence-electron chi connectivity index (χ3n) is 3.44. The Morgan fingerprint density at radius 1 is 1.44 bits per heavy atom. The number of carbonyl (C=O) groups is 1. The molecule has 0 spiro atoms. The maximum absolute atomic E-state index is 11.4. The van der Waals surface area contributed by atoms with Crippen molar-refractivity contribution in [2.24, 2.45) is 5.92 Å². The summed E-state index contributed by atoms with van der Waals surface area (Å²) in [7, 11) is 0. The van der Waals surface area contributed by atoms with Gasteiger partial charge in [-0.1, -0.05) is 19.1 Å². The molecule has 98 valence electrons. The fourth-order valence-electron chi connectivity index (χ4n) is 2.40. The summed E-state index contributed by atoms with van der Waals surface area (Å²) in [5, 5.41) is 0. The van der Waals surface area contributed by atoms with Gasteiger partial charge in [0.2, 0.25) is 0 Å². The van der Waals surface area contributed by atoms with E-state index in [2.05, 4.69) is 11.8 Å². The first-order valence-electron chi connectivity index (χ1n) is 6.62. The Labute approximate surface area is 109 Å². The second kappa shape index (κ2) is 6.01. The van der Waals surface area contributed by atoms with Crippen LogP contribution in [0.3, 0.4) is 0 Å². The highest BCUT2D eigenvalue weighted by Crippen LogP contribution is 2.19. The molecular weight excluding hydrogens is 226 g/mol. The summed E-state index contributed by atoms with van der Waals surface area (Å²) >= 11 is 0. The first-order chi connectivity index (χ1) is 8.66. The van der Waals surface area contributed by atoms with E-state index in [0.29, 0.717) is 17.9 Å². The molecule has 18 heavy (non-hydrogen) atoms. The molecule has 1 heterocycles. The molecule has 3 heteroatoms. The van der Waals surface area contributed by atoms with E-state index < -0.39 is 0 Å². The topological polar surface area (TPSA) is 29.5 Å². The second-order valence-electron chi connectivity index (χ2n) is 5.10. The third kappa shape index (κ3) is 3.33. The quantitative estimate of drug-likeness (QED) is 0.749. The Morgan fingerprint density at radius 3 is 2.89 bits per heavy atom. The normalized spacial score (nSPS) is 20.0. The van der Waals surface area contributed by atoms with Gasteiger partial charge in [0.05, 0.1) is 5.56 Å². The van der Waals surface area contributed by atoms with Gasteiger partial charge in [0.15, 0.2) is 5.78 Å². The van der Waals surface area contributed by atoms with E-state index in [1.807, 2.05) is 24.3 Å². The lowest BCUT2D eigenvalue weighted by Crippen LogP contribution is -2.26. The van der Waals surface area contributed by atoms with Crippen LogP contribution in [-0.4, -0.2) is 36.9 Å². The molecule has 0 aliphatic carbocycles. The monoisotopic (exact) mass is 247 g/mol. The molecular formula is C15H21NO2. The minimum Gasteiger partial charge on any atom is -0.491 e. The number of hydrogen-bond acceptors (Lipinski definition) is 3. The average Bonchev–Trinajstić information content (AvgIpc) is 2.75. The van der Waals surface area contributed by atoms with Crippen molar-refractivity contribution in [3.63, 3.8) is 0 Å². The molecule has 1 fully saturated rings. The van der Waals surface area contributed by atoms with E-state index in [9.17, 15) is 4.79 Å². The predicted octanol–water partition coefficient (Wildman–Crippen LogP) is 2.61. The molecule has 0 amide bonds. The van der Waals surface area contributed by atoms with Gasteiger partial charge >= 0.3 is 0 Å². The molecule has 1 aromatic carbocycles. The van der Waals surface area contributed by atoms with Gasteiger partial charge in [-0.2, -0.15) is 0 Å². The number of hydrogen-bond donors (Lipinski definition) is 0. The lowest BCUT2D eigenvalue weighted by molar-refractivity contribution is 0.101. The van der Waals surface area contributed by atoms with Gasteiger partial charge in [-0.15, -0.1) is 0 Å². The molecule has 0 bridgehead atoms. The van der Waals surface area contributed by atoms with Crippen molar-refractivity contribution >= 4 is 5.78 Å². The first-order valence-corrected chi connectivity index (χ1v) is 6.62. The van der Waals surface area contributed by atoms with Crippen LogP contribution in [0.15, 0.2) is 24.3 Å². The van der Waals surface area contributed by atoms with Crippen molar-refractivity contribution in [1.82, 2.24) is 4.90 Å². The average molecular weight is 247 g/mol. The lowest BCUT2D eigenvalue weighted by Gasteiger charge is -2.16. The van der Waals surface area contributed by atoms with Crippen molar-refractivity contribution < 1.29 is 9.53 Å². The molecule has 2 rings (SSSR count). The maximum Gasteiger partial charge on any atom is 0.163 e. The largest absolute Gasteiger partial charge is 0.491 e. The van der Waals surface area contributed by atoms with E-state index >= 15 is 0 Å². The third-order valence-corrected chi connectivity index (χ3v) is 3.44. The summed E-state index contributed by atoms with van der Waals surface area (Å²) in [5.41, 5.74) is 0.673. The van der Waals surface area contributed by atoms with Gasteiger partial charge in [0.25, 0.3) is 0 Å². The number of Topliss-reactive ketones (excluding diaryl/α,β-unsaturated/α-hetero) is 1. The zero-order valence-electron chi connectivity index (χ0n) is 11.2. The number of benzene rings is 1. The molecule has 0 N–H and O–H groups in total. The van der Waals surface area contributed by atoms with Gasteiger partial charge < -0.3 is 4.74 Å². The van der Waals surface area contributed by atoms with Crippen LogP contribution in [0.1, 0.15) is 30.6 Å². The van der Waals surface area contributed by atoms with Crippen LogP contribution < -0.4 is 4.74 Å². The Kier molecular flexibility index (Phi) is 4.37. The second-order valence-corrected chi connectivity index (χ2v) is 5.10. The van der Waals surface area contributed by atoms with Gasteiger partial charge in [-0.25, -0.2) is 0 Å². The Hall–Kier alpha value is -1.35. The minimum absolute atomic E-state index is 0.0559. The molecule has 1 atom stereocenters. The van der Waals surface area contributed by atoms with Gasteiger partial charge in [-0.3, -0.25) is 9.69 Å². The number of likely N-dealkylation sites (tertiary alicyclic amines) is 1. The van der Waals surface area contributed by atoms with Crippen molar-refractivity contribution in [1.29, 1.82) is 0 Å². The fourth-order valence-corrected chi connectivity index (χ4v) is 2.40. The fraction of sp³-hybridized carbons (Fsp3) is 0.533. The molecule has 0 saturated carbocycles. The van der Waals surface area contributed by atoms with Crippen LogP contribution in [0.4, 0.5) is 0 Å². The van der Waals surface area contributed by atoms with Crippen LogP contribution >= 0.6 is 0 Å². The van der Waals surface area contributed by atoms with Crippen LogP contribution in [0.25, 0.3) is 0 Å². The standard InChI is InChI=1S/C15H21NO2/c1-12-7-8-16(11-12)9-10-18-15-6-4-3-5-14(15)13(2)17/h3-6,12H,7-11H2,1-2H3. The minimum atomic E-state index is 0.0559.